The van der Waals surface area contributed by atoms with Gasteiger partial charge in [-0.3, -0.25) is 0 Å². The van der Waals surface area contributed by atoms with E-state index in [4.69, 9.17) is 14.4 Å². The minimum atomic E-state index is -1.11. The van der Waals surface area contributed by atoms with E-state index in [1.54, 1.807) is 7.11 Å². The van der Waals surface area contributed by atoms with Crippen molar-refractivity contribution in [3.63, 3.8) is 0 Å². The number of nitrogens with zero attached hydrogens (tertiary/aromatic N) is 1. The lowest BCUT2D eigenvalue weighted by atomic mass is 10.2. The topological polar surface area (TPSA) is 84.6 Å². The van der Waals surface area contributed by atoms with Crippen LogP contribution in [0.1, 0.15) is 21.8 Å². The summed E-state index contributed by atoms with van der Waals surface area (Å²) in [4.78, 5) is 10.7. The van der Waals surface area contributed by atoms with Crippen molar-refractivity contribution in [2.75, 3.05) is 12.4 Å². The first-order chi connectivity index (χ1) is 9.10. The maximum Gasteiger partial charge on any atom is 0.358 e. The molecule has 0 aliphatic rings. The summed E-state index contributed by atoms with van der Waals surface area (Å²) in [7, 11) is 1.59. The molecule has 2 aromatic rings. The van der Waals surface area contributed by atoms with Crippen LogP contribution in [0.15, 0.2) is 28.8 Å². The molecule has 0 atom stereocenters. The van der Waals surface area contributed by atoms with Crippen molar-refractivity contribution >= 4 is 11.7 Å². The van der Waals surface area contributed by atoms with Crippen LogP contribution in [-0.2, 0) is 6.54 Å². The maximum absolute atomic E-state index is 10.7. The van der Waals surface area contributed by atoms with Gasteiger partial charge in [-0.1, -0.05) is 11.2 Å². The third kappa shape index (κ3) is 3.04. The Bertz CT molecular complexity index is 592. The summed E-state index contributed by atoms with van der Waals surface area (Å²) < 4.78 is 10.1. The van der Waals surface area contributed by atoms with E-state index < -0.39 is 5.97 Å². The fourth-order valence-corrected chi connectivity index (χ4v) is 1.64. The lowest BCUT2D eigenvalue weighted by Gasteiger charge is -2.10. The van der Waals surface area contributed by atoms with Gasteiger partial charge in [-0.15, -0.1) is 0 Å². The van der Waals surface area contributed by atoms with E-state index in [0.29, 0.717) is 18.1 Å². The smallest absolute Gasteiger partial charge is 0.358 e. The van der Waals surface area contributed by atoms with Crippen molar-refractivity contribution in [1.82, 2.24) is 5.16 Å². The molecular formula is C13H14N2O4. The molecule has 1 aromatic carbocycles. The molecule has 1 heterocycles. The highest BCUT2D eigenvalue weighted by molar-refractivity contribution is 5.85. The van der Waals surface area contributed by atoms with Crippen molar-refractivity contribution in [3.05, 3.63) is 41.3 Å². The Kier molecular flexibility index (Phi) is 3.70. The van der Waals surface area contributed by atoms with Crippen molar-refractivity contribution < 1.29 is 19.2 Å². The monoisotopic (exact) mass is 262 g/mol. The molecule has 2 rings (SSSR count). The molecule has 0 radical (unpaired) electrons. The van der Waals surface area contributed by atoms with Gasteiger partial charge in [0.1, 0.15) is 5.75 Å². The molecule has 0 aliphatic heterocycles. The number of hydrogen-bond acceptors (Lipinski definition) is 5. The number of rotatable bonds is 5. The van der Waals surface area contributed by atoms with Gasteiger partial charge in [-0.2, -0.15) is 0 Å². The van der Waals surface area contributed by atoms with E-state index in [-0.39, 0.29) is 5.69 Å². The summed E-state index contributed by atoms with van der Waals surface area (Å²) in [5.41, 5.74) is 1.80. The van der Waals surface area contributed by atoms with Gasteiger partial charge in [0.25, 0.3) is 0 Å². The number of carbonyl (C=O) groups is 1. The zero-order valence-corrected chi connectivity index (χ0v) is 10.6. The van der Waals surface area contributed by atoms with E-state index in [1.165, 1.54) is 6.07 Å². The van der Waals surface area contributed by atoms with Crippen LogP contribution in [0.2, 0.25) is 0 Å². The summed E-state index contributed by atoms with van der Waals surface area (Å²) in [5, 5.41) is 15.3. The third-order valence-electron chi connectivity index (χ3n) is 2.59. The summed E-state index contributed by atoms with van der Waals surface area (Å²) in [6.07, 6.45) is 0. The second-order valence-corrected chi connectivity index (χ2v) is 4.04. The molecule has 19 heavy (non-hydrogen) atoms. The fraction of sp³-hybridized carbons (Fsp3) is 0.231. The van der Waals surface area contributed by atoms with Gasteiger partial charge in [0, 0.05) is 6.07 Å². The third-order valence-corrected chi connectivity index (χ3v) is 2.59. The minimum Gasteiger partial charge on any atom is -0.495 e. The molecule has 2 N–H and O–H groups in total. The van der Waals surface area contributed by atoms with Crippen molar-refractivity contribution in [3.8, 4) is 5.75 Å². The standard InChI is InChI=1S/C13H14N2O4/c1-8-3-4-12(18-2)10(5-8)14-7-9-6-11(13(16)17)15-19-9/h3-6,14H,7H2,1-2H3,(H,16,17). The number of nitrogens with one attached hydrogen (secondary N) is 1. The quantitative estimate of drug-likeness (QED) is 0.860. The lowest BCUT2D eigenvalue weighted by Crippen LogP contribution is -2.01. The Balaban J connectivity index is 2.09. The average molecular weight is 262 g/mol. The van der Waals surface area contributed by atoms with E-state index in [0.717, 1.165) is 11.3 Å². The van der Waals surface area contributed by atoms with Gasteiger partial charge < -0.3 is 19.7 Å². The number of carboxylic acid groups (broad SMARTS) is 1. The second kappa shape index (κ2) is 5.43. The van der Waals surface area contributed by atoms with Gasteiger partial charge in [0.05, 0.1) is 19.3 Å². The molecule has 0 fully saturated rings. The summed E-state index contributed by atoms with van der Waals surface area (Å²) in [6, 6.07) is 7.13. The fourth-order valence-electron chi connectivity index (χ4n) is 1.64. The summed E-state index contributed by atoms with van der Waals surface area (Å²) in [6.45, 7) is 2.31. The molecule has 6 heteroatoms. The molecular weight excluding hydrogens is 248 g/mol. The molecule has 0 bridgehead atoms. The molecule has 0 saturated heterocycles. The lowest BCUT2D eigenvalue weighted by molar-refractivity contribution is 0.0685. The average Bonchev–Trinajstić information content (AvgIpc) is 2.85. The van der Waals surface area contributed by atoms with Crippen molar-refractivity contribution in [2.24, 2.45) is 0 Å². The van der Waals surface area contributed by atoms with Gasteiger partial charge in [0.2, 0.25) is 0 Å². The number of carboxylic acids is 1. The number of aryl methyl sites for hydroxylation is 1. The number of aromatic carboxylic acids is 1. The second-order valence-electron chi connectivity index (χ2n) is 4.04. The molecule has 0 unspecified atom stereocenters. The summed E-state index contributed by atoms with van der Waals surface area (Å²) in [5.74, 6) is 0.0488. The van der Waals surface area contributed by atoms with Crippen LogP contribution >= 0.6 is 0 Å². The Hall–Kier alpha value is -2.50. The molecule has 0 spiro atoms. The molecule has 0 aliphatic carbocycles. The van der Waals surface area contributed by atoms with Crippen LogP contribution in [0, 0.1) is 6.92 Å². The van der Waals surface area contributed by atoms with Gasteiger partial charge >= 0.3 is 5.97 Å². The van der Waals surface area contributed by atoms with E-state index in [2.05, 4.69) is 10.5 Å². The van der Waals surface area contributed by atoms with E-state index in [9.17, 15) is 4.79 Å². The number of hydrogen-bond donors (Lipinski definition) is 2. The zero-order valence-electron chi connectivity index (χ0n) is 10.6. The van der Waals surface area contributed by atoms with Crippen LogP contribution in [0.3, 0.4) is 0 Å². The Labute approximate surface area is 110 Å². The van der Waals surface area contributed by atoms with Gasteiger partial charge in [0.15, 0.2) is 11.5 Å². The number of methoxy groups -OCH3 is 1. The molecule has 0 amide bonds. The van der Waals surface area contributed by atoms with Crippen molar-refractivity contribution in [2.45, 2.75) is 13.5 Å². The Morgan fingerprint density at radius 3 is 2.89 bits per heavy atom. The van der Waals surface area contributed by atoms with Crippen molar-refractivity contribution in [1.29, 1.82) is 0 Å². The largest absolute Gasteiger partial charge is 0.495 e. The van der Waals surface area contributed by atoms with E-state index >= 15 is 0 Å². The van der Waals surface area contributed by atoms with Crippen LogP contribution in [-0.4, -0.2) is 23.3 Å². The highest BCUT2D eigenvalue weighted by Crippen LogP contribution is 2.25. The van der Waals surface area contributed by atoms with Crippen LogP contribution < -0.4 is 10.1 Å². The first-order valence-corrected chi connectivity index (χ1v) is 5.67. The normalized spacial score (nSPS) is 10.2. The predicted octanol–water partition coefficient (Wildman–Crippen LogP) is 2.30. The summed E-state index contributed by atoms with van der Waals surface area (Å²) >= 11 is 0. The maximum atomic E-state index is 10.7. The van der Waals surface area contributed by atoms with Crippen LogP contribution in [0.4, 0.5) is 5.69 Å². The molecule has 100 valence electrons. The number of ether oxygens (including phenoxy) is 1. The Morgan fingerprint density at radius 1 is 1.47 bits per heavy atom. The number of aromatic nitrogens is 1. The SMILES string of the molecule is COc1ccc(C)cc1NCc1cc(C(=O)O)no1. The van der Waals surface area contributed by atoms with Gasteiger partial charge in [-0.05, 0) is 24.6 Å². The van der Waals surface area contributed by atoms with E-state index in [1.807, 2.05) is 25.1 Å². The molecule has 1 aromatic heterocycles. The molecule has 0 saturated carbocycles. The van der Waals surface area contributed by atoms with Gasteiger partial charge in [-0.25, -0.2) is 4.79 Å². The highest BCUT2D eigenvalue weighted by atomic mass is 16.5. The first-order valence-electron chi connectivity index (χ1n) is 5.67. The Morgan fingerprint density at radius 2 is 2.26 bits per heavy atom. The zero-order chi connectivity index (χ0) is 13.8. The highest BCUT2D eigenvalue weighted by Gasteiger charge is 2.11. The molecule has 6 nitrogen and oxygen atoms in total. The first kappa shape index (κ1) is 12.9. The minimum absolute atomic E-state index is 0.104. The number of benzene rings is 1. The van der Waals surface area contributed by atoms with Crippen LogP contribution in [0.25, 0.3) is 0 Å². The number of anilines is 1. The predicted molar refractivity (Wildman–Crippen MR) is 68.5 cm³/mol. The van der Waals surface area contributed by atoms with Crippen LogP contribution in [0.5, 0.6) is 5.75 Å².